The van der Waals surface area contributed by atoms with E-state index in [0.717, 1.165) is 0 Å². The van der Waals surface area contributed by atoms with E-state index in [1.54, 1.807) is 0 Å². The molecule has 0 unspecified atom stereocenters. The molecular formula is C5H9Br2N. The maximum absolute atomic E-state index is 3.49. The first-order chi connectivity index (χ1) is 3.79. The Kier molecular flexibility index (Phi) is 2.80. The molecule has 0 bridgehead atoms. The van der Waals surface area contributed by atoms with Gasteiger partial charge in [-0.2, -0.15) is 0 Å². The van der Waals surface area contributed by atoms with Gasteiger partial charge in [0, 0.05) is 0 Å². The summed E-state index contributed by atoms with van der Waals surface area (Å²) < 4.78 is 0. The molecule has 0 amide bonds. The van der Waals surface area contributed by atoms with E-state index in [4.69, 9.17) is 0 Å². The van der Waals surface area contributed by atoms with Gasteiger partial charge in [-0.15, -0.1) is 0 Å². The van der Waals surface area contributed by atoms with Gasteiger partial charge in [-0.1, -0.05) is 31.9 Å². The molecule has 0 aromatic heterocycles. The van der Waals surface area contributed by atoms with Gasteiger partial charge in [0.25, 0.3) is 0 Å². The molecule has 0 aromatic carbocycles. The molecule has 1 saturated heterocycles. The third kappa shape index (κ3) is 2.03. The van der Waals surface area contributed by atoms with Crippen LogP contribution in [0.1, 0.15) is 19.3 Å². The topological polar surface area (TPSA) is 12.0 Å². The molecule has 0 aromatic rings. The lowest BCUT2D eigenvalue weighted by Crippen LogP contribution is -2.34. The zero-order chi connectivity index (χ0) is 5.98. The Balaban J connectivity index is 2.23. The van der Waals surface area contributed by atoms with Crippen molar-refractivity contribution < 1.29 is 0 Å². The number of piperidine rings is 1. The predicted molar refractivity (Wildman–Crippen MR) is 42.4 cm³/mol. The van der Waals surface area contributed by atoms with Crippen molar-refractivity contribution >= 4 is 31.9 Å². The van der Waals surface area contributed by atoms with Crippen molar-refractivity contribution in [2.75, 3.05) is 0 Å². The van der Waals surface area contributed by atoms with Crippen LogP contribution in [0.3, 0.4) is 0 Å². The standard InChI is InChI=1S/C5H9Br2N/c6-4-2-1-3-5(7)8-4/h4-5,8H,1-3H2/t4-,5-/m1/s1. The Hall–Kier alpha value is 0.920. The fourth-order valence-corrected chi connectivity index (χ4v) is 2.48. The first-order valence-electron chi connectivity index (χ1n) is 2.83. The minimum absolute atomic E-state index is 0.528. The van der Waals surface area contributed by atoms with Crippen molar-refractivity contribution in [1.29, 1.82) is 0 Å². The monoisotopic (exact) mass is 241 g/mol. The fraction of sp³-hybridized carbons (Fsp3) is 1.00. The zero-order valence-electron chi connectivity index (χ0n) is 4.53. The minimum atomic E-state index is 0.528. The summed E-state index contributed by atoms with van der Waals surface area (Å²) in [5.41, 5.74) is 0. The van der Waals surface area contributed by atoms with Crippen LogP contribution in [0.2, 0.25) is 0 Å². The second-order valence-electron chi connectivity index (χ2n) is 2.03. The Morgan fingerprint density at radius 2 is 1.62 bits per heavy atom. The van der Waals surface area contributed by atoms with Gasteiger partial charge in [-0.3, -0.25) is 5.32 Å². The van der Waals surface area contributed by atoms with E-state index >= 15 is 0 Å². The van der Waals surface area contributed by atoms with E-state index in [0.29, 0.717) is 9.90 Å². The average molecular weight is 243 g/mol. The number of alkyl halides is 2. The average Bonchev–Trinajstić information content (AvgIpc) is 1.64. The maximum atomic E-state index is 3.49. The Labute approximate surface area is 66.5 Å². The van der Waals surface area contributed by atoms with Crippen molar-refractivity contribution in [2.45, 2.75) is 29.2 Å². The highest BCUT2D eigenvalue weighted by atomic mass is 79.9. The third-order valence-electron chi connectivity index (χ3n) is 1.28. The van der Waals surface area contributed by atoms with Gasteiger partial charge < -0.3 is 0 Å². The van der Waals surface area contributed by atoms with Crippen molar-refractivity contribution in [1.82, 2.24) is 5.32 Å². The van der Waals surface area contributed by atoms with Gasteiger partial charge in [-0.05, 0) is 19.3 Å². The van der Waals surface area contributed by atoms with Gasteiger partial charge in [0.2, 0.25) is 0 Å². The van der Waals surface area contributed by atoms with Crippen molar-refractivity contribution in [2.24, 2.45) is 0 Å². The van der Waals surface area contributed by atoms with Gasteiger partial charge >= 0.3 is 0 Å². The lowest BCUT2D eigenvalue weighted by molar-refractivity contribution is 0.476. The number of hydrogen-bond acceptors (Lipinski definition) is 1. The summed E-state index contributed by atoms with van der Waals surface area (Å²) in [4.78, 5) is 1.06. The largest absolute Gasteiger partial charge is 0.293 e. The molecule has 2 atom stereocenters. The third-order valence-corrected chi connectivity index (χ3v) is 2.72. The van der Waals surface area contributed by atoms with E-state index in [1.165, 1.54) is 19.3 Å². The molecule has 3 heteroatoms. The Morgan fingerprint density at radius 1 is 1.12 bits per heavy atom. The number of rotatable bonds is 0. The van der Waals surface area contributed by atoms with Crippen LogP contribution in [0, 0.1) is 0 Å². The van der Waals surface area contributed by atoms with Crippen LogP contribution >= 0.6 is 31.9 Å². The van der Waals surface area contributed by atoms with Gasteiger partial charge in [0.05, 0.1) is 9.90 Å². The van der Waals surface area contributed by atoms with Crippen LogP contribution in [0.4, 0.5) is 0 Å². The van der Waals surface area contributed by atoms with E-state index in [1.807, 2.05) is 0 Å². The summed E-state index contributed by atoms with van der Waals surface area (Å²) in [5.74, 6) is 0. The summed E-state index contributed by atoms with van der Waals surface area (Å²) in [6, 6.07) is 0. The Bertz CT molecular complexity index is 68.8. The van der Waals surface area contributed by atoms with E-state index in [2.05, 4.69) is 37.2 Å². The number of hydrogen-bond donors (Lipinski definition) is 1. The summed E-state index contributed by atoms with van der Waals surface area (Å²) in [6.45, 7) is 0. The molecule has 0 aliphatic carbocycles. The van der Waals surface area contributed by atoms with Crippen LogP contribution in [-0.4, -0.2) is 9.90 Å². The van der Waals surface area contributed by atoms with Crippen LogP contribution in [-0.2, 0) is 0 Å². The quantitative estimate of drug-likeness (QED) is 0.508. The molecule has 1 rings (SSSR count). The zero-order valence-corrected chi connectivity index (χ0v) is 7.70. The summed E-state index contributed by atoms with van der Waals surface area (Å²) in [5, 5.41) is 3.31. The number of halogens is 2. The molecule has 0 radical (unpaired) electrons. The summed E-state index contributed by atoms with van der Waals surface area (Å²) >= 11 is 6.98. The lowest BCUT2D eigenvalue weighted by atomic mass is 10.2. The van der Waals surface area contributed by atoms with E-state index in [-0.39, 0.29) is 0 Å². The second kappa shape index (κ2) is 3.18. The molecule has 1 N–H and O–H groups in total. The second-order valence-corrected chi connectivity index (χ2v) is 4.24. The molecule has 0 spiro atoms. The van der Waals surface area contributed by atoms with Gasteiger partial charge in [0.1, 0.15) is 0 Å². The molecule has 48 valence electrons. The smallest absolute Gasteiger partial charge is 0.0639 e. The maximum Gasteiger partial charge on any atom is 0.0639 e. The molecule has 1 aliphatic heterocycles. The molecule has 1 aliphatic rings. The normalized spacial score (nSPS) is 39.8. The number of nitrogens with one attached hydrogen (secondary N) is 1. The van der Waals surface area contributed by atoms with E-state index < -0.39 is 0 Å². The SMILES string of the molecule is Br[C@H]1CCC[C@H](Br)N1. The van der Waals surface area contributed by atoms with E-state index in [9.17, 15) is 0 Å². The summed E-state index contributed by atoms with van der Waals surface area (Å²) in [6.07, 6.45) is 3.82. The molecule has 0 saturated carbocycles. The molecule has 1 nitrogen and oxygen atoms in total. The first kappa shape index (κ1) is 7.03. The van der Waals surface area contributed by atoms with Crippen LogP contribution in [0.5, 0.6) is 0 Å². The van der Waals surface area contributed by atoms with Crippen LogP contribution in [0.25, 0.3) is 0 Å². The summed E-state index contributed by atoms with van der Waals surface area (Å²) in [7, 11) is 0. The molecular weight excluding hydrogens is 234 g/mol. The fourth-order valence-electron chi connectivity index (χ4n) is 0.839. The van der Waals surface area contributed by atoms with Gasteiger partial charge in [0.15, 0.2) is 0 Å². The highest BCUT2D eigenvalue weighted by Gasteiger charge is 2.14. The Morgan fingerprint density at radius 3 is 1.88 bits per heavy atom. The predicted octanol–water partition coefficient (Wildman–Crippen LogP) is 2.20. The van der Waals surface area contributed by atoms with Crippen LogP contribution < -0.4 is 5.32 Å². The van der Waals surface area contributed by atoms with Crippen LogP contribution in [0.15, 0.2) is 0 Å². The van der Waals surface area contributed by atoms with Gasteiger partial charge in [-0.25, -0.2) is 0 Å². The first-order valence-corrected chi connectivity index (χ1v) is 4.66. The molecule has 8 heavy (non-hydrogen) atoms. The highest BCUT2D eigenvalue weighted by Crippen LogP contribution is 2.19. The molecule has 1 fully saturated rings. The van der Waals surface area contributed by atoms with Crippen molar-refractivity contribution in [3.05, 3.63) is 0 Å². The minimum Gasteiger partial charge on any atom is -0.293 e. The van der Waals surface area contributed by atoms with Crippen molar-refractivity contribution in [3.63, 3.8) is 0 Å². The molecule has 1 heterocycles. The highest BCUT2D eigenvalue weighted by molar-refractivity contribution is 9.10. The van der Waals surface area contributed by atoms with Crippen molar-refractivity contribution in [3.8, 4) is 0 Å². The lowest BCUT2D eigenvalue weighted by Gasteiger charge is -2.22.